The maximum atomic E-state index is 12.3. The van der Waals surface area contributed by atoms with Crippen molar-refractivity contribution in [3.8, 4) is 0 Å². The van der Waals surface area contributed by atoms with E-state index >= 15 is 0 Å². The summed E-state index contributed by atoms with van der Waals surface area (Å²) in [4.78, 5) is 7.02. The van der Waals surface area contributed by atoms with Crippen LogP contribution < -0.4 is 4.72 Å². The van der Waals surface area contributed by atoms with E-state index < -0.39 is 15.6 Å². The Balaban J connectivity index is 2.28. The third kappa shape index (κ3) is 2.84. The van der Waals surface area contributed by atoms with Gasteiger partial charge in [0.05, 0.1) is 5.60 Å². The van der Waals surface area contributed by atoms with Gasteiger partial charge in [-0.1, -0.05) is 13.8 Å². The van der Waals surface area contributed by atoms with E-state index in [-0.39, 0.29) is 17.4 Å². The largest absolute Gasteiger partial charge is 0.389 e. The minimum atomic E-state index is -3.69. The standard InChI is InChI=1S/C13H19N3O3S/c1-9(2)13(3,17)8-16-20(18,19)11-7-15-12-10(11)5-4-6-14-12/h4-7,9,16-17H,8H2,1-3H3,(H,14,15). The molecule has 0 amide bonds. The lowest BCUT2D eigenvalue weighted by Crippen LogP contribution is -2.44. The van der Waals surface area contributed by atoms with Gasteiger partial charge in [-0.05, 0) is 25.0 Å². The van der Waals surface area contributed by atoms with Crippen LogP contribution in [0, 0.1) is 5.92 Å². The molecule has 0 aromatic carbocycles. The quantitative estimate of drug-likeness (QED) is 0.774. The fraction of sp³-hybridized carbons (Fsp3) is 0.462. The van der Waals surface area contributed by atoms with Crippen molar-refractivity contribution in [3.63, 3.8) is 0 Å². The molecule has 0 aliphatic rings. The Labute approximate surface area is 118 Å². The number of H-pyrrole nitrogens is 1. The SMILES string of the molecule is CC(C)C(C)(O)CNS(=O)(=O)c1c[nH]c2ncccc12. The van der Waals surface area contributed by atoms with Crippen molar-refractivity contribution in [2.45, 2.75) is 31.3 Å². The van der Waals surface area contributed by atoms with Crippen LogP contribution in [0.1, 0.15) is 20.8 Å². The molecule has 1 unspecified atom stereocenters. The molecule has 20 heavy (non-hydrogen) atoms. The smallest absolute Gasteiger partial charge is 0.242 e. The first-order chi connectivity index (χ1) is 9.24. The van der Waals surface area contributed by atoms with Gasteiger partial charge in [-0.3, -0.25) is 0 Å². The van der Waals surface area contributed by atoms with E-state index in [9.17, 15) is 13.5 Å². The predicted octanol–water partition coefficient (Wildman–Crippen LogP) is 1.25. The van der Waals surface area contributed by atoms with Crippen molar-refractivity contribution in [2.75, 3.05) is 6.54 Å². The van der Waals surface area contributed by atoms with Gasteiger partial charge in [-0.2, -0.15) is 0 Å². The number of aliphatic hydroxyl groups is 1. The number of hydrogen-bond donors (Lipinski definition) is 3. The van der Waals surface area contributed by atoms with Crippen LogP contribution in [0.2, 0.25) is 0 Å². The van der Waals surface area contributed by atoms with Gasteiger partial charge in [0.2, 0.25) is 10.0 Å². The van der Waals surface area contributed by atoms with E-state index in [4.69, 9.17) is 0 Å². The van der Waals surface area contributed by atoms with Crippen LogP contribution in [0.4, 0.5) is 0 Å². The highest BCUT2D eigenvalue weighted by molar-refractivity contribution is 7.89. The normalized spacial score (nSPS) is 15.7. The van der Waals surface area contributed by atoms with Crippen LogP contribution in [0.25, 0.3) is 11.0 Å². The van der Waals surface area contributed by atoms with Gasteiger partial charge in [-0.25, -0.2) is 18.1 Å². The summed E-state index contributed by atoms with van der Waals surface area (Å²) in [6.45, 7) is 5.24. The van der Waals surface area contributed by atoms with Crippen molar-refractivity contribution < 1.29 is 13.5 Å². The van der Waals surface area contributed by atoms with E-state index in [0.717, 1.165) is 0 Å². The summed E-state index contributed by atoms with van der Waals surface area (Å²) in [5.74, 6) is -0.0603. The van der Waals surface area contributed by atoms with E-state index in [1.54, 1.807) is 25.3 Å². The maximum Gasteiger partial charge on any atom is 0.242 e. The zero-order valence-electron chi connectivity index (χ0n) is 11.7. The number of aromatic nitrogens is 2. The molecule has 0 fully saturated rings. The summed E-state index contributed by atoms with van der Waals surface area (Å²) >= 11 is 0. The second kappa shape index (κ2) is 5.16. The van der Waals surface area contributed by atoms with Crippen LogP contribution in [-0.4, -0.2) is 35.6 Å². The molecule has 3 N–H and O–H groups in total. The van der Waals surface area contributed by atoms with Crippen LogP contribution in [0.5, 0.6) is 0 Å². The molecule has 0 aliphatic carbocycles. The fourth-order valence-corrected chi connectivity index (χ4v) is 2.98. The Morgan fingerprint density at radius 1 is 1.50 bits per heavy atom. The lowest BCUT2D eigenvalue weighted by Gasteiger charge is -2.27. The molecule has 6 nitrogen and oxygen atoms in total. The summed E-state index contributed by atoms with van der Waals surface area (Å²) < 4.78 is 27.1. The van der Waals surface area contributed by atoms with Gasteiger partial charge in [-0.15, -0.1) is 0 Å². The number of fused-ring (bicyclic) bond motifs is 1. The average Bonchev–Trinajstić information content (AvgIpc) is 2.81. The van der Waals surface area contributed by atoms with Gasteiger partial charge in [0.15, 0.2) is 0 Å². The van der Waals surface area contributed by atoms with E-state index in [1.807, 2.05) is 13.8 Å². The number of nitrogens with zero attached hydrogens (tertiary/aromatic N) is 1. The second-order valence-corrected chi connectivity index (χ2v) is 7.12. The van der Waals surface area contributed by atoms with Crippen molar-refractivity contribution in [1.82, 2.24) is 14.7 Å². The molecule has 0 spiro atoms. The Morgan fingerprint density at radius 2 is 2.20 bits per heavy atom. The number of aromatic amines is 1. The molecular formula is C13H19N3O3S. The number of sulfonamides is 1. The molecular weight excluding hydrogens is 278 g/mol. The molecule has 0 saturated carbocycles. The number of pyridine rings is 1. The Kier molecular flexibility index (Phi) is 3.86. The highest BCUT2D eigenvalue weighted by Crippen LogP contribution is 2.21. The monoisotopic (exact) mass is 297 g/mol. The van der Waals surface area contributed by atoms with Gasteiger partial charge in [0.25, 0.3) is 0 Å². The third-order valence-electron chi connectivity index (χ3n) is 3.57. The van der Waals surface area contributed by atoms with E-state index in [1.165, 1.54) is 6.20 Å². The molecule has 2 rings (SSSR count). The Bertz CT molecular complexity index is 704. The Hall–Kier alpha value is -1.44. The topological polar surface area (TPSA) is 95.1 Å². The molecule has 0 bridgehead atoms. The molecule has 0 aliphatic heterocycles. The molecule has 0 radical (unpaired) electrons. The summed E-state index contributed by atoms with van der Waals surface area (Å²) in [5, 5.41) is 10.7. The summed E-state index contributed by atoms with van der Waals surface area (Å²) in [6, 6.07) is 3.37. The Morgan fingerprint density at radius 3 is 2.85 bits per heavy atom. The third-order valence-corrected chi connectivity index (χ3v) is 5.01. The van der Waals surface area contributed by atoms with Gasteiger partial charge < -0.3 is 10.1 Å². The summed E-state index contributed by atoms with van der Waals surface area (Å²) in [5.41, 5.74) is -0.583. The van der Waals surface area contributed by atoms with E-state index in [2.05, 4.69) is 14.7 Å². The van der Waals surface area contributed by atoms with Gasteiger partial charge in [0, 0.05) is 24.3 Å². The first kappa shape index (κ1) is 15.0. The zero-order valence-corrected chi connectivity index (χ0v) is 12.5. The molecule has 7 heteroatoms. The molecule has 2 aromatic heterocycles. The van der Waals surface area contributed by atoms with Crippen molar-refractivity contribution >= 4 is 21.1 Å². The van der Waals surface area contributed by atoms with Crippen molar-refractivity contribution in [1.29, 1.82) is 0 Å². The molecule has 2 aromatic rings. The average molecular weight is 297 g/mol. The predicted molar refractivity (Wildman–Crippen MR) is 76.7 cm³/mol. The van der Waals surface area contributed by atoms with Crippen LogP contribution in [0.15, 0.2) is 29.4 Å². The highest BCUT2D eigenvalue weighted by Gasteiger charge is 2.28. The van der Waals surface area contributed by atoms with E-state index in [0.29, 0.717) is 11.0 Å². The van der Waals surface area contributed by atoms with Gasteiger partial charge >= 0.3 is 0 Å². The molecule has 1 atom stereocenters. The number of hydrogen-bond acceptors (Lipinski definition) is 4. The minimum Gasteiger partial charge on any atom is -0.389 e. The lowest BCUT2D eigenvalue weighted by atomic mass is 9.93. The molecule has 2 heterocycles. The van der Waals surface area contributed by atoms with Crippen molar-refractivity contribution in [3.05, 3.63) is 24.5 Å². The number of rotatable bonds is 5. The minimum absolute atomic E-state index is 0.0417. The summed E-state index contributed by atoms with van der Waals surface area (Å²) in [6.07, 6.45) is 3.00. The summed E-state index contributed by atoms with van der Waals surface area (Å²) in [7, 11) is -3.69. The fourth-order valence-electron chi connectivity index (χ4n) is 1.68. The zero-order chi connectivity index (χ0) is 15.0. The van der Waals surface area contributed by atoms with Gasteiger partial charge in [0.1, 0.15) is 10.5 Å². The van der Waals surface area contributed by atoms with Crippen LogP contribution in [-0.2, 0) is 10.0 Å². The molecule has 110 valence electrons. The highest BCUT2D eigenvalue weighted by atomic mass is 32.2. The second-order valence-electron chi connectivity index (χ2n) is 5.39. The maximum absolute atomic E-state index is 12.3. The van der Waals surface area contributed by atoms with Crippen LogP contribution in [0.3, 0.4) is 0 Å². The van der Waals surface area contributed by atoms with Crippen LogP contribution >= 0.6 is 0 Å². The lowest BCUT2D eigenvalue weighted by molar-refractivity contribution is 0.0190. The first-order valence-corrected chi connectivity index (χ1v) is 7.86. The van der Waals surface area contributed by atoms with Crippen molar-refractivity contribution in [2.24, 2.45) is 5.92 Å². The molecule has 0 saturated heterocycles. The number of nitrogens with one attached hydrogen (secondary N) is 2. The first-order valence-electron chi connectivity index (χ1n) is 6.38.